The number of aryl methyl sites for hydroxylation is 1. The summed E-state index contributed by atoms with van der Waals surface area (Å²) in [6, 6.07) is 10.3. The highest BCUT2D eigenvalue weighted by atomic mass is 32.1. The summed E-state index contributed by atoms with van der Waals surface area (Å²) in [4.78, 5) is 9.14. The van der Waals surface area contributed by atoms with E-state index in [0.29, 0.717) is 0 Å². The normalized spacial score (nSPS) is 11.8. The Bertz CT molecular complexity index is 733. The number of benzene rings is 1. The number of nitrogens with zero attached hydrogens (tertiary/aromatic N) is 2. The van der Waals surface area contributed by atoms with Crippen LogP contribution in [0.25, 0.3) is 10.9 Å². The van der Waals surface area contributed by atoms with Crippen LogP contribution in [0.4, 0.5) is 5.82 Å². The Morgan fingerprint density at radius 2 is 2.00 bits per heavy atom. The van der Waals surface area contributed by atoms with E-state index in [2.05, 4.69) is 43.2 Å². The number of nitrogens with one attached hydrogen (secondary N) is 1. The predicted molar refractivity (Wildman–Crippen MR) is 85.2 cm³/mol. The van der Waals surface area contributed by atoms with Crippen molar-refractivity contribution in [3.05, 3.63) is 52.5 Å². The van der Waals surface area contributed by atoms with Crippen molar-refractivity contribution in [2.24, 2.45) is 0 Å². The molecular formula is C16H17N3S. The zero-order valence-electron chi connectivity index (χ0n) is 11.8. The Morgan fingerprint density at radius 1 is 1.20 bits per heavy atom. The van der Waals surface area contributed by atoms with Crippen LogP contribution in [-0.4, -0.2) is 9.97 Å². The molecule has 0 spiro atoms. The van der Waals surface area contributed by atoms with Crippen LogP contribution in [0.15, 0.2) is 41.9 Å². The van der Waals surface area contributed by atoms with E-state index >= 15 is 0 Å². The summed E-state index contributed by atoms with van der Waals surface area (Å²) in [5, 5.41) is 7.75. The van der Waals surface area contributed by atoms with Crippen molar-refractivity contribution >= 4 is 28.1 Å². The number of rotatable bonds is 3. The Hall–Kier alpha value is -1.94. The lowest BCUT2D eigenvalue weighted by Gasteiger charge is -2.25. The zero-order chi connectivity index (χ0) is 14.2. The second-order valence-electron chi connectivity index (χ2n) is 5.43. The molecule has 1 aromatic carbocycles. The number of thiazole rings is 1. The third kappa shape index (κ3) is 2.39. The highest BCUT2D eigenvalue weighted by Crippen LogP contribution is 2.29. The summed E-state index contributed by atoms with van der Waals surface area (Å²) in [5.74, 6) is 0.920. The minimum absolute atomic E-state index is 0.228. The third-order valence-corrected chi connectivity index (χ3v) is 4.41. The molecule has 1 N–H and O–H groups in total. The van der Waals surface area contributed by atoms with E-state index in [-0.39, 0.29) is 5.54 Å². The number of aromatic nitrogens is 2. The van der Waals surface area contributed by atoms with E-state index < -0.39 is 0 Å². The van der Waals surface area contributed by atoms with Gasteiger partial charge in [0.05, 0.1) is 11.1 Å². The maximum atomic E-state index is 4.74. The molecule has 0 bridgehead atoms. The van der Waals surface area contributed by atoms with E-state index in [0.717, 1.165) is 21.9 Å². The van der Waals surface area contributed by atoms with Crippen molar-refractivity contribution in [1.82, 2.24) is 9.97 Å². The molecule has 0 fully saturated rings. The van der Waals surface area contributed by atoms with Gasteiger partial charge in [-0.15, -0.1) is 11.3 Å². The molecule has 0 radical (unpaired) electrons. The van der Waals surface area contributed by atoms with Gasteiger partial charge in [0.15, 0.2) is 0 Å². The summed E-state index contributed by atoms with van der Waals surface area (Å²) in [6.45, 7) is 6.34. The lowest BCUT2D eigenvalue weighted by Crippen LogP contribution is -2.28. The van der Waals surface area contributed by atoms with Gasteiger partial charge in [0.25, 0.3) is 0 Å². The molecule has 0 aliphatic rings. The molecule has 0 atom stereocenters. The third-order valence-electron chi connectivity index (χ3n) is 3.31. The molecule has 0 aliphatic heterocycles. The van der Waals surface area contributed by atoms with Gasteiger partial charge in [-0.05, 0) is 38.5 Å². The van der Waals surface area contributed by atoms with E-state index in [9.17, 15) is 0 Å². The van der Waals surface area contributed by atoms with Crippen LogP contribution in [0.5, 0.6) is 0 Å². The Balaban J connectivity index is 2.00. The fraction of sp³-hybridized carbons (Fsp3) is 0.250. The fourth-order valence-electron chi connectivity index (χ4n) is 2.23. The largest absolute Gasteiger partial charge is 0.358 e. The highest BCUT2D eigenvalue weighted by Gasteiger charge is 2.24. The first-order valence-corrected chi connectivity index (χ1v) is 7.49. The van der Waals surface area contributed by atoms with Crippen molar-refractivity contribution in [2.75, 3.05) is 5.32 Å². The van der Waals surface area contributed by atoms with Crippen LogP contribution in [0.1, 0.15) is 24.4 Å². The molecule has 3 nitrogen and oxygen atoms in total. The number of para-hydroxylation sites is 1. The summed E-state index contributed by atoms with van der Waals surface area (Å²) in [7, 11) is 0. The quantitative estimate of drug-likeness (QED) is 0.776. The molecule has 0 unspecified atom stereocenters. The van der Waals surface area contributed by atoms with Gasteiger partial charge in [-0.2, -0.15) is 0 Å². The van der Waals surface area contributed by atoms with Crippen LogP contribution < -0.4 is 5.32 Å². The number of hydrogen-bond acceptors (Lipinski definition) is 4. The molecule has 20 heavy (non-hydrogen) atoms. The van der Waals surface area contributed by atoms with Crippen molar-refractivity contribution < 1.29 is 0 Å². The lowest BCUT2D eigenvalue weighted by molar-refractivity contribution is 0.600. The second-order valence-corrected chi connectivity index (χ2v) is 6.33. The molecule has 4 heteroatoms. The Morgan fingerprint density at radius 3 is 2.75 bits per heavy atom. The maximum absolute atomic E-state index is 4.74. The molecule has 2 heterocycles. The molecule has 3 rings (SSSR count). The summed E-state index contributed by atoms with van der Waals surface area (Å²) in [5.41, 5.74) is 1.93. The second kappa shape index (κ2) is 4.87. The molecule has 3 aromatic rings. The van der Waals surface area contributed by atoms with Crippen LogP contribution in [0.2, 0.25) is 0 Å². The molecular weight excluding hydrogens is 266 g/mol. The monoisotopic (exact) mass is 283 g/mol. The number of pyridine rings is 1. The van der Waals surface area contributed by atoms with Gasteiger partial charge in [-0.1, -0.05) is 18.2 Å². The van der Waals surface area contributed by atoms with E-state index in [1.165, 1.54) is 5.39 Å². The minimum atomic E-state index is -0.228. The standard InChI is InChI=1S/C16H17N3S/c1-11-10-12-6-4-5-7-13(12)18-14(11)19-16(2,3)15-17-8-9-20-15/h4-10H,1-3H3,(H,18,19). The highest BCUT2D eigenvalue weighted by molar-refractivity contribution is 7.09. The van der Waals surface area contributed by atoms with Crippen LogP contribution >= 0.6 is 11.3 Å². The fourth-order valence-corrected chi connectivity index (χ4v) is 2.95. The van der Waals surface area contributed by atoms with Gasteiger partial charge < -0.3 is 5.32 Å². The SMILES string of the molecule is Cc1cc2ccccc2nc1NC(C)(C)c1nccs1. The summed E-state index contributed by atoms with van der Waals surface area (Å²) in [6.07, 6.45) is 1.84. The van der Waals surface area contributed by atoms with Gasteiger partial charge in [0, 0.05) is 17.0 Å². The van der Waals surface area contributed by atoms with Gasteiger partial charge in [-0.25, -0.2) is 9.97 Å². The first-order valence-electron chi connectivity index (χ1n) is 6.61. The van der Waals surface area contributed by atoms with Gasteiger partial charge in [-0.3, -0.25) is 0 Å². The van der Waals surface area contributed by atoms with Crippen molar-refractivity contribution in [2.45, 2.75) is 26.3 Å². The van der Waals surface area contributed by atoms with E-state index in [1.807, 2.05) is 29.8 Å². The van der Waals surface area contributed by atoms with Crippen LogP contribution in [0, 0.1) is 6.92 Å². The predicted octanol–water partition coefficient (Wildman–Crippen LogP) is 4.35. The number of fused-ring (bicyclic) bond motifs is 1. The zero-order valence-corrected chi connectivity index (χ0v) is 12.7. The van der Waals surface area contributed by atoms with Crippen LogP contribution in [0.3, 0.4) is 0 Å². The molecule has 0 aliphatic carbocycles. The molecule has 102 valence electrons. The maximum Gasteiger partial charge on any atom is 0.130 e. The molecule has 0 amide bonds. The smallest absolute Gasteiger partial charge is 0.130 e. The van der Waals surface area contributed by atoms with Crippen LogP contribution in [-0.2, 0) is 5.54 Å². The average Bonchev–Trinajstić information content (AvgIpc) is 2.94. The summed E-state index contributed by atoms with van der Waals surface area (Å²) >= 11 is 1.66. The minimum Gasteiger partial charge on any atom is -0.358 e. The average molecular weight is 283 g/mol. The first kappa shape index (κ1) is 13.1. The van der Waals surface area contributed by atoms with E-state index in [4.69, 9.17) is 4.98 Å². The molecule has 0 saturated carbocycles. The number of hydrogen-bond donors (Lipinski definition) is 1. The van der Waals surface area contributed by atoms with Crippen molar-refractivity contribution in [1.29, 1.82) is 0 Å². The Kier molecular flexibility index (Phi) is 3.18. The first-order chi connectivity index (χ1) is 9.56. The Labute approximate surface area is 122 Å². The van der Waals surface area contributed by atoms with Gasteiger partial charge in [0.2, 0.25) is 0 Å². The van der Waals surface area contributed by atoms with E-state index in [1.54, 1.807) is 11.3 Å². The topological polar surface area (TPSA) is 37.8 Å². The molecule has 2 aromatic heterocycles. The number of anilines is 1. The van der Waals surface area contributed by atoms with Gasteiger partial charge >= 0.3 is 0 Å². The van der Waals surface area contributed by atoms with Crippen molar-refractivity contribution in [3.8, 4) is 0 Å². The van der Waals surface area contributed by atoms with Crippen molar-refractivity contribution in [3.63, 3.8) is 0 Å². The lowest BCUT2D eigenvalue weighted by atomic mass is 10.1. The summed E-state index contributed by atoms with van der Waals surface area (Å²) < 4.78 is 0. The molecule has 0 saturated heterocycles. The van der Waals surface area contributed by atoms with Gasteiger partial charge in [0.1, 0.15) is 10.8 Å².